The van der Waals surface area contributed by atoms with Crippen LogP contribution in [0.2, 0.25) is 0 Å². The lowest BCUT2D eigenvalue weighted by Crippen LogP contribution is -2.02. The van der Waals surface area contributed by atoms with Crippen molar-refractivity contribution in [2.24, 2.45) is 0 Å². The fraction of sp³-hybridized carbons (Fsp3) is 0.0476. The molecule has 132 valence electrons. The Kier molecular flexibility index (Phi) is 6.51. The van der Waals surface area contributed by atoms with Gasteiger partial charge in [-0.15, -0.1) is 0 Å². The highest BCUT2D eigenvalue weighted by atomic mass is 16.5. The zero-order valence-corrected chi connectivity index (χ0v) is 14.3. The number of ether oxygens (including phenoxy) is 3. The molecule has 26 heavy (non-hydrogen) atoms. The van der Waals surface area contributed by atoms with Gasteiger partial charge in [-0.2, -0.15) is 0 Å². The van der Waals surface area contributed by atoms with Crippen molar-refractivity contribution in [2.45, 2.75) is 6.92 Å². The van der Waals surface area contributed by atoms with Gasteiger partial charge in [0.2, 0.25) is 0 Å². The lowest BCUT2D eigenvalue weighted by molar-refractivity contribution is -0.133. The normalized spacial score (nSPS) is 10.2. The molecule has 0 aliphatic rings. The number of benzene rings is 2. The maximum atomic E-state index is 11.2. The highest BCUT2D eigenvalue weighted by Crippen LogP contribution is 2.24. The molecule has 2 aromatic carbocycles. The molecule has 2 aromatic rings. The Balaban J connectivity index is 1.95. The van der Waals surface area contributed by atoms with Gasteiger partial charge in [0.15, 0.2) is 0 Å². The van der Waals surface area contributed by atoms with E-state index < -0.39 is 11.9 Å². The molecule has 0 aromatic heterocycles. The number of carbonyl (C=O) groups is 2. The van der Waals surface area contributed by atoms with Gasteiger partial charge in [-0.1, -0.05) is 37.4 Å². The Morgan fingerprint density at radius 2 is 1.42 bits per heavy atom. The van der Waals surface area contributed by atoms with Gasteiger partial charge < -0.3 is 14.2 Å². The van der Waals surface area contributed by atoms with E-state index in [0.717, 1.165) is 23.5 Å². The summed E-state index contributed by atoms with van der Waals surface area (Å²) < 4.78 is 15.2. The Morgan fingerprint density at radius 1 is 0.885 bits per heavy atom. The van der Waals surface area contributed by atoms with E-state index in [-0.39, 0.29) is 0 Å². The molecule has 0 spiro atoms. The van der Waals surface area contributed by atoms with Gasteiger partial charge in [-0.25, -0.2) is 9.59 Å². The lowest BCUT2D eigenvalue weighted by Gasteiger charge is -2.06. The van der Waals surface area contributed by atoms with Crippen molar-refractivity contribution in [3.8, 4) is 22.6 Å². The van der Waals surface area contributed by atoms with Crippen molar-refractivity contribution in [3.63, 3.8) is 0 Å². The van der Waals surface area contributed by atoms with E-state index in [2.05, 4.69) is 13.2 Å². The second-order valence-corrected chi connectivity index (χ2v) is 5.25. The van der Waals surface area contributed by atoms with Crippen LogP contribution in [0.5, 0.6) is 11.5 Å². The molecule has 0 amide bonds. The largest absolute Gasteiger partial charge is 0.462 e. The molecule has 0 aliphatic heterocycles. The van der Waals surface area contributed by atoms with Crippen LogP contribution in [0, 0.1) is 0 Å². The SMILES string of the molecule is C=CC(=O)Oc1ccc(-c2ccc(O/C=C\OC(=O)C(=C)C)cc2)cc1. The van der Waals surface area contributed by atoms with Crippen molar-refractivity contribution in [1.29, 1.82) is 0 Å². The standard InChI is InChI=1S/C21H18O5/c1-4-20(22)26-19-11-7-17(8-12-19)16-5-9-18(10-6-16)24-13-14-25-21(23)15(2)3/h4-14H,1-2H2,3H3/b14-13-. The number of esters is 2. The predicted octanol–water partition coefficient (Wildman–Crippen LogP) is 4.41. The summed E-state index contributed by atoms with van der Waals surface area (Å²) in [4.78, 5) is 22.4. The minimum absolute atomic E-state index is 0.310. The smallest absolute Gasteiger partial charge is 0.338 e. The Morgan fingerprint density at radius 3 is 1.92 bits per heavy atom. The number of rotatable bonds is 7. The third kappa shape index (κ3) is 5.49. The summed E-state index contributed by atoms with van der Waals surface area (Å²) in [5.41, 5.74) is 2.24. The third-order valence-corrected chi connectivity index (χ3v) is 3.21. The maximum Gasteiger partial charge on any atom is 0.338 e. The second kappa shape index (κ2) is 9.03. The first-order chi connectivity index (χ1) is 12.5. The zero-order valence-electron chi connectivity index (χ0n) is 14.3. The van der Waals surface area contributed by atoms with E-state index in [1.165, 1.54) is 6.26 Å². The van der Waals surface area contributed by atoms with E-state index in [4.69, 9.17) is 14.2 Å². The molecular formula is C21H18O5. The summed E-state index contributed by atoms with van der Waals surface area (Å²) in [6.45, 7) is 8.39. The van der Waals surface area contributed by atoms with Crippen molar-refractivity contribution < 1.29 is 23.8 Å². The van der Waals surface area contributed by atoms with Gasteiger partial charge in [0, 0.05) is 11.6 Å². The molecule has 0 N–H and O–H groups in total. The first kappa shape index (κ1) is 18.7. The lowest BCUT2D eigenvalue weighted by atomic mass is 10.1. The van der Waals surface area contributed by atoms with Crippen LogP contribution in [0.15, 0.2) is 85.9 Å². The Hall–Kier alpha value is -3.60. The molecule has 0 saturated carbocycles. The molecule has 5 nitrogen and oxygen atoms in total. The van der Waals surface area contributed by atoms with E-state index >= 15 is 0 Å². The van der Waals surface area contributed by atoms with Gasteiger partial charge in [0.05, 0.1) is 0 Å². The van der Waals surface area contributed by atoms with Crippen LogP contribution >= 0.6 is 0 Å². The third-order valence-electron chi connectivity index (χ3n) is 3.21. The minimum atomic E-state index is -0.512. The van der Waals surface area contributed by atoms with Crippen molar-refractivity contribution in [2.75, 3.05) is 0 Å². The molecule has 5 heteroatoms. The maximum absolute atomic E-state index is 11.2. The molecule has 0 atom stereocenters. The first-order valence-corrected chi connectivity index (χ1v) is 7.72. The molecular weight excluding hydrogens is 332 g/mol. The topological polar surface area (TPSA) is 61.8 Å². The van der Waals surface area contributed by atoms with Gasteiger partial charge in [-0.05, 0) is 42.3 Å². The molecule has 0 unspecified atom stereocenters. The molecule has 0 heterocycles. The summed E-state index contributed by atoms with van der Waals surface area (Å²) in [6.07, 6.45) is 3.55. The van der Waals surface area contributed by atoms with Crippen molar-refractivity contribution in [1.82, 2.24) is 0 Å². The monoisotopic (exact) mass is 350 g/mol. The quantitative estimate of drug-likeness (QED) is 0.320. The highest BCUT2D eigenvalue weighted by Gasteiger charge is 2.02. The van der Waals surface area contributed by atoms with E-state index in [9.17, 15) is 9.59 Å². The van der Waals surface area contributed by atoms with Crippen LogP contribution in [0.4, 0.5) is 0 Å². The van der Waals surface area contributed by atoms with Gasteiger partial charge in [0.1, 0.15) is 24.0 Å². The fourth-order valence-corrected chi connectivity index (χ4v) is 1.90. The average Bonchev–Trinajstić information content (AvgIpc) is 2.66. The van der Waals surface area contributed by atoms with E-state index in [0.29, 0.717) is 17.1 Å². The molecule has 0 fully saturated rings. The molecule has 0 aliphatic carbocycles. The fourth-order valence-electron chi connectivity index (χ4n) is 1.90. The molecule has 0 bridgehead atoms. The number of hydrogen-bond donors (Lipinski definition) is 0. The van der Waals surface area contributed by atoms with Crippen LogP contribution in [0.3, 0.4) is 0 Å². The van der Waals surface area contributed by atoms with Crippen molar-refractivity contribution >= 4 is 11.9 Å². The van der Waals surface area contributed by atoms with Gasteiger partial charge >= 0.3 is 11.9 Å². The molecule has 0 saturated heterocycles. The van der Waals surface area contributed by atoms with Crippen LogP contribution < -0.4 is 9.47 Å². The zero-order chi connectivity index (χ0) is 18.9. The van der Waals surface area contributed by atoms with Crippen molar-refractivity contribution in [3.05, 3.63) is 85.9 Å². The summed E-state index contributed by atoms with van der Waals surface area (Å²) >= 11 is 0. The predicted molar refractivity (Wildman–Crippen MR) is 98.4 cm³/mol. The first-order valence-electron chi connectivity index (χ1n) is 7.72. The summed E-state index contributed by atoms with van der Waals surface area (Å²) in [5.74, 6) is 0.0320. The summed E-state index contributed by atoms with van der Waals surface area (Å²) in [5, 5.41) is 0. The minimum Gasteiger partial charge on any atom is -0.462 e. The highest BCUT2D eigenvalue weighted by molar-refractivity contribution is 5.87. The average molecular weight is 350 g/mol. The second-order valence-electron chi connectivity index (χ2n) is 5.25. The van der Waals surface area contributed by atoms with E-state index in [1.54, 1.807) is 31.2 Å². The van der Waals surface area contributed by atoms with Gasteiger partial charge in [0.25, 0.3) is 0 Å². The number of carbonyl (C=O) groups excluding carboxylic acids is 2. The Bertz CT molecular complexity index is 830. The summed E-state index contributed by atoms with van der Waals surface area (Å²) in [6, 6.07) is 14.4. The van der Waals surface area contributed by atoms with Crippen LogP contribution in [-0.2, 0) is 14.3 Å². The summed E-state index contributed by atoms with van der Waals surface area (Å²) in [7, 11) is 0. The van der Waals surface area contributed by atoms with Crippen LogP contribution in [-0.4, -0.2) is 11.9 Å². The van der Waals surface area contributed by atoms with Crippen LogP contribution in [0.1, 0.15) is 6.92 Å². The molecule has 0 radical (unpaired) electrons. The van der Waals surface area contributed by atoms with Gasteiger partial charge in [-0.3, -0.25) is 0 Å². The Labute approximate surface area is 151 Å². The van der Waals surface area contributed by atoms with E-state index in [1.807, 2.05) is 24.3 Å². The molecule has 2 rings (SSSR count). The number of hydrogen-bond acceptors (Lipinski definition) is 5. The van der Waals surface area contributed by atoms with Crippen LogP contribution in [0.25, 0.3) is 11.1 Å².